The zero-order chi connectivity index (χ0) is 11.7. The van der Waals surface area contributed by atoms with Crippen molar-refractivity contribution >= 4 is 19.2 Å². The Hall–Kier alpha value is -1.80. The van der Waals surface area contributed by atoms with Gasteiger partial charge in [-0.3, -0.25) is 0 Å². The molecule has 0 bridgehead atoms. The Kier molecular flexibility index (Phi) is 2.37. The summed E-state index contributed by atoms with van der Waals surface area (Å²) in [6.45, 7) is -2.80. The summed E-state index contributed by atoms with van der Waals surface area (Å²) in [5.41, 5.74) is 0. The normalized spacial score (nSPS) is 12.8. The molecule has 3 aromatic rings. The van der Waals surface area contributed by atoms with Crippen LogP contribution in [-0.2, 0) is 0 Å². The van der Waals surface area contributed by atoms with Crippen LogP contribution >= 0.6 is 19.2 Å². The molecule has 9 nitrogen and oxygen atoms in total. The Balaban J connectivity index is 2.21. The van der Waals surface area contributed by atoms with E-state index in [1.807, 2.05) is 0 Å². The van der Waals surface area contributed by atoms with Crippen LogP contribution in [0.2, 0.25) is 0 Å². The first-order valence-electron chi connectivity index (χ1n) is 4.59. The standard InChI is InChI=1S/C6H8N9PS/c17-16(13-4-7-1-10-13,14-5-8-2-11-14)15-6-9-3-12-15/h1-6,16-17H. The van der Waals surface area contributed by atoms with Crippen LogP contribution in [0.15, 0.2) is 38.0 Å². The summed E-state index contributed by atoms with van der Waals surface area (Å²) in [5.74, 6) is 0. The molecule has 0 saturated carbocycles. The molecule has 0 fully saturated rings. The van der Waals surface area contributed by atoms with Crippen LogP contribution in [-0.4, -0.2) is 43.6 Å². The maximum atomic E-state index is 4.71. The van der Waals surface area contributed by atoms with E-state index in [0.29, 0.717) is 0 Å². The fourth-order valence-electron chi connectivity index (χ4n) is 1.40. The molecule has 17 heavy (non-hydrogen) atoms. The molecule has 0 atom stereocenters. The molecule has 0 saturated heterocycles. The summed E-state index contributed by atoms with van der Waals surface area (Å²) in [4.78, 5) is 11.8. The second kappa shape index (κ2) is 3.90. The van der Waals surface area contributed by atoms with Crippen molar-refractivity contribution in [2.75, 3.05) is 0 Å². The third-order valence-corrected chi connectivity index (χ3v) is 6.56. The van der Waals surface area contributed by atoms with E-state index in [2.05, 4.69) is 30.2 Å². The Bertz CT molecular complexity index is 489. The van der Waals surface area contributed by atoms with E-state index >= 15 is 0 Å². The van der Waals surface area contributed by atoms with Gasteiger partial charge in [-0.15, -0.1) is 0 Å². The van der Waals surface area contributed by atoms with Gasteiger partial charge in [0.1, 0.15) is 0 Å². The average Bonchev–Trinajstić information content (AvgIpc) is 3.10. The number of thiol groups is 1. The van der Waals surface area contributed by atoms with Gasteiger partial charge in [-0.1, -0.05) is 0 Å². The summed E-state index contributed by atoms with van der Waals surface area (Å²) in [5, 5.41) is 12.3. The van der Waals surface area contributed by atoms with Crippen molar-refractivity contribution in [2.45, 2.75) is 0 Å². The van der Waals surface area contributed by atoms with Crippen LogP contribution in [0.3, 0.4) is 0 Å². The summed E-state index contributed by atoms with van der Waals surface area (Å²) in [7, 11) is 0. The number of nitrogens with zero attached hydrogens (tertiary/aromatic N) is 9. The average molecular weight is 269 g/mol. The van der Waals surface area contributed by atoms with Gasteiger partial charge in [0.2, 0.25) is 0 Å². The van der Waals surface area contributed by atoms with Crippen LogP contribution in [0.1, 0.15) is 0 Å². The molecule has 0 aliphatic heterocycles. The van der Waals surface area contributed by atoms with Crippen molar-refractivity contribution in [3.8, 4) is 0 Å². The SMILES string of the molecule is S[PH](n1cncn1)(n1cncn1)n1cncn1. The topological polar surface area (TPSA) is 92.1 Å². The minimum absolute atomic E-state index is 1.44. The molecular weight excluding hydrogens is 261 g/mol. The van der Waals surface area contributed by atoms with Gasteiger partial charge in [0.05, 0.1) is 0 Å². The molecule has 0 aromatic carbocycles. The van der Waals surface area contributed by atoms with Gasteiger partial charge in [0.15, 0.2) is 0 Å². The first kappa shape index (κ1) is 10.4. The summed E-state index contributed by atoms with van der Waals surface area (Å²) >= 11 is 4.71. The first-order valence-corrected chi connectivity index (χ1v) is 7.72. The van der Waals surface area contributed by atoms with E-state index in [-0.39, 0.29) is 0 Å². The van der Waals surface area contributed by atoms with Crippen molar-refractivity contribution in [1.82, 2.24) is 43.6 Å². The van der Waals surface area contributed by atoms with E-state index in [1.165, 1.54) is 19.0 Å². The van der Waals surface area contributed by atoms with Gasteiger partial charge in [-0.05, 0) is 0 Å². The van der Waals surface area contributed by atoms with Crippen LogP contribution in [0.25, 0.3) is 0 Å². The molecular formula is C6H8N9PS. The molecule has 3 rings (SSSR count). The fraction of sp³-hybridized carbons (Fsp3) is 0. The zero-order valence-electron chi connectivity index (χ0n) is 8.44. The van der Waals surface area contributed by atoms with Crippen LogP contribution in [0, 0.1) is 0 Å². The minimum atomic E-state index is -2.80. The summed E-state index contributed by atoms with van der Waals surface area (Å²) in [6, 6.07) is 0. The van der Waals surface area contributed by atoms with Crippen molar-refractivity contribution in [2.24, 2.45) is 0 Å². The molecule has 0 spiro atoms. The van der Waals surface area contributed by atoms with E-state index in [1.54, 1.807) is 32.3 Å². The Morgan fingerprint density at radius 2 is 1.06 bits per heavy atom. The van der Waals surface area contributed by atoms with Gasteiger partial charge in [-0.25, -0.2) is 0 Å². The monoisotopic (exact) mass is 269 g/mol. The molecule has 0 unspecified atom stereocenters. The van der Waals surface area contributed by atoms with Crippen molar-refractivity contribution in [3.05, 3.63) is 38.0 Å². The number of rotatable bonds is 3. The molecule has 0 aliphatic carbocycles. The van der Waals surface area contributed by atoms with E-state index < -0.39 is 6.92 Å². The van der Waals surface area contributed by atoms with Gasteiger partial charge >= 0.3 is 101 Å². The van der Waals surface area contributed by atoms with Gasteiger partial charge in [0, 0.05) is 0 Å². The van der Waals surface area contributed by atoms with Gasteiger partial charge in [-0.2, -0.15) is 0 Å². The number of hydrogen-bond acceptors (Lipinski definition) is 7. The molecule has 0 N–H and O–H groups in total. The van der Waals surface area contributed by atoms with E-state index in [9.17, 15) is 0 Å². The Morgan fingerprint density at radius 3 is 1.29 bits per heavy atom. The second-order valence-electron chi connectivity index (χ2n) is 3.12. The van der Waals surface area contributed by atoms with E-state index in [0.717, 1.165) is 0 Å². The van der Waals surface area contributed by atoms with Gasteiger partial charge in [0.25, 0.3) is 0 Å². The van der Waals surface area contributed by atoms with E-state index in [4.69, 9.17) is 12.2 Å². The third-order valence-electron chi connectivity index (χ3n) is 2.18. The fourth-order valence-corrected chi connectivity index (χ4v) is 4.25. The Morgan fingerprint density at radius 1 is 0.706 bits per heavy atom. The number of aromatic nitrogens is 9. The number of hydrogen-bond donors (Lipinski definition) is 1. The van der Waals surface area contributed by atoms with Gasteiger partial charge < -0.3 is 0 Å². The quantitative estimate of drug-likeness (QED) is 0.520. The predicted octanol–water partition coefficient (Wildman–Crippen LogP) is -0.255. The molecule has 3 aromatic heterocycles. The van der Waals surface area contributed by atoms with Crippen LogP contribution < -0.4 is 0 Å². The summed E-state index contributed by atoms with van der Waals surface area (Å²) in [6.07, 6.45) is 9.03. The molecule has 11 heteroatoms. The second-order valence-corrected chi connectivity index (χ2v) is 7.49. The molecule has 0 amide bonds. The Labute approximate surface area is 101 Å². The van der Waals surface area contributed by atoms with Crippen molar-refractivity contribution < 1.29 is 0 Å². The zero-order valence-corrected chi connectivity index (χ0v) is 10.3. The van der Waals surface area contributed by atoms with Crippen molar-refractivity contribution in [1.29, 1.82) is 0 Å². The van der Waals surface area contributed by atoms with Crippen LogP contribution in [0.4, 0.5) is 0 Å². The molecule has 0 aliphatic rings. The van der Waals surface area contributed by atoms with Crippen LogP contribution in [0.5, 0.6) is 0 Å². The first-order chi connectivity index (χ1) is 8.32. The summed E-state index contributed by atoms with van der Waals surface area (Å²) < 4.78 is 4.87. The molecule has 3 heterocycles. The maximum absolute atomic E-state index is 4.71. The predicted molar refractivity (Wildman–Crippen MR) is 63.6 cm³/mol. The molecule has 0 radical (unpaired) electrons. The third kappa shape index (κ3) is 1.53. The van der Waals surface area contributed by atoms with Crippen molar-refractivity contribution in [3.63, 3.8) is 0 Å². The molecule has 88 valence electrons.